The molecule has 1 amide bonds. The zero-order valence-electron chi connectivity index (χ0n) is 10.9. The molecular formula is C13H17F2N3O2. The van der Waals surface area contributed by atoms with Crippen molar-refractivity contribution in [2.75, 3.05) is 6.54 Å². The topological polar surface area (TPSA) is 87.7 Å². The Kier molecular flexibility index (Phi) is 6.42. The van der Waals surface area contributed by atoms with Crippen molar-refractivity contribution >= 4 is 11.7 Å². The zero-order chi connectivity index (χ0) is 15.0. The highest BCUT2D eigenvalue weighted by Crippen LogP contribution is 2.09. The summed E-state index contributed by atoms with van der Waals surface area (Å²) >= 11 is 0. The molecule has 0 unspecified atom stereocenters. The molecule has 0 aliphatic carbocycles. The molecule has 20 heavy (non-hydrogen) atoms. The fraction of sp³-hybridized carbons (Fsp3) is 0.385. The lowest BCUT2D eigenvalue weighted by Crippen LogP contribution is -2.26. The van der Waals surface area contributed by atoms with Gasteiger partial charge in [0.1, 0.15) is 5.84 Å². The molecule has 0 spiro atoms. The molecule has 0 saturated carbocycles. The third-order valence-electron chi connectivity index (χ3n) is 2.66. The van der Waals surface area contributed by atoms with Gasteiger partial charge in [-0.25, -0.2) is 8.78 Å². The maximum atomic E-state index is 12.9. The van der Waals surface area contributed by atoms with Crippen molar-refractivity contribution in [2.24, 2.45) is 10.9 Å². The number of hydrogen-bond donors (Lipinski definition) is 3. The van der Waals surface area contributed by atoms with E-state index in [2.05, 4.69) is 10.5 Å². The average molecular weight is 285 g/mol. The van der Waals surface area contributed by atoms with Crippen LogP contribution in [0.15, 0.2) is 23.4 Å². The number of rotatable bonds is 7. The van der Waals surface area contributed by atoms with Crippen LogP contribution in [0.5, 0.6) is 0 Å². The molecule has 4 N–H and O–H groups in total. The van der Waals surface area contributed by atoms with Gasteiger partial charge in [0.15, 0.2) is 11.6 Å². The van der Waals surface area contributed by atoms with E-state index >= 15 is 0 Å². The Morgan fingerprint density at radius 1 is 1.30 bits per heavy atom. The summed E-state index contributed by atoms with van der Waals surface area (Å²) in [7, 11) is 0. The summed E-state index contributed by atoms with van der Waals surface area (Å²) in [5.41, 5.74) is 5.70. The van der Waals surface area contributed by atoms with Gasteiger partial charge >= 0.3 is 0 Å². The van der Waals surface area contributed by atoms with Gasteiger partial charge in [-0.05, 0) is 30.5 Å². The van der Waals surface area contributed by atoms with Crippen molar-refractivity contribution in [1.29, 1.82) is 0 Å². The van der Waals surface area contributed by atoms with Crippen LogP contribution < -0.4 is 11.1 Å². The lowest BCUT2D eigenvalue weighted by atomic mass is 10.1. The summed E-state index contributed by atoms with van der Waals surface area (Å²) in [6, 6.07) is 3.37. The standard InChI is InChI=1S/C13H17F2N3O2/c14-10-5-4-9(7-11(10)15)8-13(19)17-6-2-1-3-12(16)18-20/h4-5,7,20H,1-3,6,8H2,(H2,16,18)(H,17,19). The molecule has 0 fully saturated rings. The normalized spacial score (nSPS) is 11.4. The van der Waals surface area contributed by atoms with Crippen molar-refractivity contribution in [2.45, 2.75) is 25.7 Å². The predicted molar refractivity (Wildman–Crippen MR) is 70.3 cm³/mol. The van der Waals surface area contributed by atoms with Gasteiger partial charge in [0.2, 0.25) is 5.91 Å². The van der Waals surface area contributed by atoms with E-state index in [9.17, 15) is 13.6 Å². The van der Waals surface area contributed by atoms with Gasteiger partial charge in [-0.15, -0.1) is 0 Å². The number of hydrogen-bond acceptors (Lipinski definition) is 3. The Labute approximate surface area is 115 Å². The van der Waals surface area contributed by atoms with Crippen molar-refractivity contribution in [3.63, 3.8) is 0 Å². The summed E-state index contributed by atoms with van der Waals surface area (Å²) in [5, 5.41) is 13.8. The maximum Gasteiger partial charge on any atom is 0.224 e. The van der Waals surface area contributed by atoms with Crippen LogP contribution in [0.3, 0.4) is 0 Å². The van der Waals surface area contributed by atoms with Crippen molar-refractivity contribution in [1.82, 2.24) is 5.32 Å². The quantitative estimate of drug-likeness (QED) is 0.233. The lowest BCUT2D eigenvalue weighted by molar-refractivity contribution is -0.120. The molecule has 0 heterocycles. The molecule has 5 nitrogen and oxygen atoms in total. The first kappa shape index (κ1) is 15.9. The minimum absolute atomic E-state index is 0.00254. The van der Waals surface area contributed by atoms with Crippen LogP contribution in [0.1, 0.15) is 24.8 Å². The van der Waals surface area contributed by atoms with E-state index in [-0.39, 0.29) is 18.2 Å². The first-order valence-electron chi connectivity index (χ1n) is 6.20. The molecule has 0 aliphatic rings. The van der Waals surface area contributed by atoms with Crippen LogP contribution in [-0.2, 0) is 11.2 Å². The molecular weight excluding hydrogens is 268 g/mol. The predicted octanol–water partition coefficient (Wildman–Crippen LogP) is 1.54. The fourth-order valence-electron chi connectivity index (χ4n) is 1.61. The molecule has 110 valence electrons. The van der Waals surface area contributed by atoms with Crippen molar-refractivity contribution in [3.05, 3.63) is 35.4 Å². The average Bonchev–Trinajstić information content (AvgIpc) is 2.42. The number of amides is 1. The van der Waals surface area contributed by atoms with E-state index < -0.39 is 11.6 Å². The zero-order valence-corrected chi connectivity index (χ0v) is 10.9. The molecule has 0 saturated heterocycles. The van der Waals surface area contributed by atoms with Crippen molar-refractivity contribution < 1.29 is 18.8 Å². The van der Waals surface area contributed by atoms with Crippen LogP contribution >= 0.6 is 0 Å². The van der Waals surface area contributed by atoms with Gasteiger partial charge in [0.05, 0.1) is 6.42 Å². The van der Waals surface area contributed by atoms with E-state index in [1.807, 2.05) is 0 Å². The first-order valence-corrected chi connectivity index (χ1v) is 6.20. The van der Waals surface area contributed by atoms with E-state index in [0.29, 0.717) is 31.4 Å². The largest absolute Gasteiger partial charge is 0.409 e. The van der Waals surface area contributed by atoms with Crippen LogP contribution in [-0.4, -0.2) is 23.5 Å². The number of carbonyl (C=O) groups is 1. The smallest absolute Gasteiger partial charge is 0.224 e. The highest BCUT2D eigenvalue weighted by molar-refractivity contribution is 5.79. The van der Waals surface area contributed by atoms with Crippen molar-refractivity contribution in [3.8, 4) is 0 Å². The summed E-state index contributed by atoms with van der Waals surface area (Å²) in [4.78, 5) is 11.5. The number of nitrogens with one attached hydrogen (secondary N) is 1. The molecule has 0 radical (unpaired) electrons. The molecule has 1 aromatic rings. The molecule has 1 rings (SSSR count). The highest BCUT2D eigenvalue weighted by Gasteiger charge is 2.06. The second kappa shape index (κ2) is 8.08. The SMILES string of the molecule is N/C(CCCCNC(=O)Cc1ccc(F)c(F)c1)=N/O. The summed E-state index contributed by atoms with van der Waals surface area (Å²) in [5.74, 6) is -2.01. The Morgan fingerprint density at radius 2 is 2.05 bits per heavy atom. The minimum Gasteiger partial charge on any atom is -0.409 e. The van der Waals surface area contributed by atoms with Crippen LogP contribution in [0.2, 0.25) is 0 Å². The number of oxime groups is 1. The summed E-state index contributed by atoms with van der Waals surface area (Å²) in [6.45, 7) is 0.446. The number of amidine groups is 1. The van der Waals surface area contributed by atoms with Gasteiger partial charge in [-0.1, -0.05) is 11.2 Å². The van der Waals surface area contributed by atoms with E-state index in [1.54, 1.807) is 0 Å². The first-order chi connectivity index (χ1) is 9.52. The third kappa shape index (κ3) is 5.64. The van der Waals surface area contributed by atoms with Gasteiger partial charge in [-0.2, -0.15) is 0 Å². The van der Waals surface area contributed by atoms with Crippen LogP contribution in [0.4, 0.5) is 8.78 Å². The van der Waals surface area contributed by atoms with Crippen LogP contribution in [0.25, 0.3) is 0 Å². The molecule has 7 heteroatoms. The summed E-state index contributed by atoms with van der Waals surface area (Å²) in [6.07, 6.45) is 1.81. The highest BCUT2D eigenvalue weighted by atomic mass is 19.2. The number of benzene rings is 1. The Balaban J connectivity index is 2.25. The number of carbonyl (C=O) groups excluding carboxylic acids is 1. The van der Waals surface area contributed by atoms with Gasteiger partial charge < -0.3 is 16.3 Å². The van der Waals surface area contributed by atoms with Gasteiger partial charge in [0.25, 0.3) is 0 Å². The molecule has 0 aliphatic heterocycles. The van der Waals surface area contributed by atoms with E-state index in [1.165, 1.54) is 6.07 Å². The van der Waals surface area contributed by atoms with Gasteiger partial charge in [-0.3, -0.25) is 4.79 Å². The third-order valence-corrected chi connectivity index (χ3v) is 2.66. The monoisotopic (exact) mass is 285 g/mol. The van der Waals surface area contributed by atoms with Crippen LogP contribution in [0, 0.1) is 11.6 Å². The Bertz CT molecular complexity index is 493. The second-order valence-corrected chi connectivity index (χ2v) is 4.32. The number of halogens is 2. The maximum absolute atomic E-state index is 12.9. The molecule has 0 atom stereocenters. The number of unbranched alkanes of at least 4 members (excludes halogenated alkanes) is 1. The molecule has 0 aromatic heterocycles. The lowest BCUT2D eigenvalue weighted by Gasteiger charge is -2.05. The van der Waals surface area contributed by atoms with E-state index in [0.717, 1.165) is 12.1 Å². The fourth-order valence-corrected chi connectivity index (χ4v) is 1.61. The van der Waals surface area contributed by atoms with Gasteiger partial charge in [0, 0.05) is 13.0 Å². The Hall–Kier alpha value is -2.18. The minimum atomic E-state index is -0.964. The number of nitrogens with two attached hydrogens (primary N) is 1. The second-order valence-electron chi connectivity index (χ2n) is 4.32. The summed E-state index contributed by atoms with van der Waals surface area (Å²) < 4.78 is 25.6. The molecule has 1 aromatic carbocycles. The number of nitrogens with zero attached hydrogens (tertiary/aromatic N) is 1. The molecule has 0 bridgehead atoms. The Morgan fingerprint density at radius 3 is 2.70 bits per heavy atom. The van der Waals surface area contributed by atoms with E-state index in [4.69, 9.17) is 10.9 Å².